The van der Waals surface area contributed by atoms with Gasteiger partial charge in [0.05, 0.1) is 13.2 Å². The first-order valence-electron chi connectivity index (χ1n) is 8.07. The van der Waals surface area contributed by atoms with Crippen LogP contribution in [0.15, 0.2) is 36.4 Å². The van der Waals surface area contributed by atoms with Gasteiger partial charge in [0.15, 0.2) is 0 Å². The highest BCUT2D eigenvalue weighted by Crippen LogP contribution is 2.32. The Morgan fingerprint density at radius 2 is 1.96 bits per heavy atom. The monoisotopic (exact) mass is 314 g/mol. The Hall–Kier alpha value is -2.20. The maximum absolute atomic E-state index is 10.1. The van der Waals surface area contributed by atoms with E-state index in [9.17, 15) is 5.11 Å². The average molecular weight is 314 g/mol. The fraction of sp³-hybridized carbons (Fsp3) is 0.368. The highest BCUT2D eigenvalue weighted by atomic mass is 16.5. The zero-order valence-electron chi connectivity index (χ0n) is 13.1. The number of phenolic OH excluding ortho intramolecular Hbond substituents is 1. The van der Waals surface area contributed by atoms with E-state index in [1.807, 2.05) is 36.4 Å². The largest absolute Gasteiger partial charge is 0.508 e. The van der Waals surface area contributed by atoms with Crippen LogP contribution in [0.25, 0.3) is 0 Å². The number of rotatable bonds is 7. The normalized spacial score (nSPS) is 12.7. The second-order valence-electron chi connectivity index (χ2n) is 5.72. The van der Waals surface area contributed by atoms with Gasteiger partial charge in [0.25, 0.3) is 0 Å². The van der Waals surface area contributed by atoms with Crippen LogP contribution in [-0.2, 0) is 19.3 Å². The van der Waals surface area contributed by atoms with E-state index in [2.05, 4.69) is 0 Å². The van der Waals surface area contributed by atoms with Gasteiger partial charge in [-0.15, -0.1) is 0 Å². The lowest BCUT2D eigenvalue weighted by atomic mass is 10.0. The molecule has 1 aliphatic rings. The van der Waals surface area contributed by atoms with Gasteiger partial charge in [-0.2, -0.15) is 0 Å². The molecule has 1 aliphatic heterocycles. The lowest BCUT2D eigenvalue weighted by molar-refractivity contribution is 0.286. The highest BCUT2D eigenvalue weighted by Gasteiger charge is 2.15. The molecule has 0 amide bonds. The van der Waals surface area contributed by atoms with E-state index >= 15 is 0 Å². The number of hydrogen-bond donors (Lipinski definition) is 2. The second-order valence-corrected chi connectivity index (χ2v) is 5.72. The molecule has 4 nitrogen and oxygen atoms in total. The number of phenols is 1. The summed E-state index contributed by atoms with van der Waals surface area (Å²) in [4.78, 5) is 0. The van der Waals surface area contributed by atoms with Crippen molar-refractivity contribution in [2.24, 2.45) is 0 Å². The van der Waals surface area contributed by atoms with E-state index in [4.69, 9.17) is 14.6 Å². The molecule has 0 unspecified atom stereocenters. The minimum absolute atomic E-state index is 0.114. The number of aliphatic hydroxyl groups excluding tert-OH is 1. The van der Waals surface area contributed by atoms with Crippen LogP contribution in [0.4, 0.5) is 0 Å². The Morgan fingerprint density at radius 1 is 1.09 bits per heavy atom. The summed E-state index contributed by atoms with van der Waals surface area (Å²) < 4.78 is 11.4. The minimum Gasteiger partial charge on any atom is -0.508 e. The third-order valence-electron chi connectivity index (χ3n) is 4.09. The molecule has 0 radical (unpaired) electrons. The van der Waals surface area contributed by atoms with Gasteiger partial charge in [-0.25, -0.2) is 0 Å². The zero-order chi connectivity index (χ0) is 16.1. The molecular weight excluding hydrogens is 292 g/mol. The number of aryl methyl sites for hydroxylation is 1. The third-order valence-corrected chi connectivity index (χ3v) is 4.09. The summed E-state index contributed by atoms with van der Waals surface area (Å²) in [5.41, 5.74) is 3.00. The number of para-hydroxylation sites is 1. The Kier molecular flexibility index (Phi) is 5.03. The van der Waals surface area contributed by atoms with Crippen molar-refractivity contribution in [3.8, 4) is 17.2 Å². The number of hydrogen-bond acceptors (Lipinski definition) is 4. The first kappa shape index (κ1) is 15.7. The standard InChI is InChI=1S/C19H22O4/c20-9-7-14-4-1-2-6-18(14)22-10-3-5-15-13-19-16(8-11-23-19)12-17(15)21/h1-2,4,6,12-13,20-21H,3,5,7-11H2. The molecule has 122 valence electrons. The van der Waals surface area contributed by atoms with Crippen molar-refractivity contribution >= 4 is 0 Å². The predicted octanol–water partition coefficient (Wildman–Crippen LogP) is 2.87. The van der Waals surface area contributed by atoms with Gasteiger partial charge in [0.2, 0.25) is 0 Å². The van der Waals surface area contributed by atoms with Gasteiger partial charge in [-0.05, 0) is 48.6 Å². The van der Waals surface area contributed by atoms with Crippen LogP contribution in [-0.4, -0.2) is 30.0 Å². The smallest absolute Gasteiger partial charge is 0.123 e. The lowest BCUT2D eigenvalue weighted by Crippen LogP contribution is -2.03. The van der Waals surface area contributed by atoms with Crippen LogP contribution in [0.3, 0.4) is 0 Å². The molecule has 2 N–H and O–H groups in total. The maximum Gasteiger partial charge on any atom is 0.123 e. The lowest BCUT2D eigenvalue weighted by Gasteiger charge is -2.11. The molecule has 0 saturated heterocycles. The summed E-state index contributed by atoms with van der Waals surface area (Å²) in [7, 11) is 0. The molecule has 0 atom stereocenters. The Balaban J connectivity index is 1.54. The molecule has 0 aromatic heterocycles. The summed E-state index contributed by atoms with van der Waals surface area (Å²) in [6.45, 7) is 1.38. The van der Waals surface area contributed by atoms with Gasteiger partial charge < -0.3 is 19.7 Å². The number of ether oxygens (including phenoxy) is 2. The summed E-state index contributed by atoms with van der Waals surface area (Å²) in [5.74, 6) is 2.06. The molecular formula is C19H22O4. The summed E-state index contributed by atoms with van der Waals surface area (Å²) in [6, 6.07) is 11.5. The second kappa shape index (κ2) is 7.38. The van der Waals surface area contributed by atoms with Gasteiger partial charge in [-0.3, -0.25) is 0 Å². The fourth-order valence-electron chi connectivity index (χ4n) is 2.87. The van der Waals surface area contributed by atoms with E-state index in [1.165, 1.54) is 0 Å². The first-order chi connectivity index (χ1) is 11.3. The highest BCUT2D eigenvalue weighted by molar-refractivity contribution is 5.47. The Labute approximate surface area is 136 Å². The minimum atomic E-state index is 0.114. The van der Waals surface area contributed by atoms with Crippen molar-refractivity contribution in [2.75, 3.05) is 19.8 Å². The number of aliphatic hydroxyl groups is 1. The molecule has 0 bridgehead atoms. The third kappa shape index (κ3) is 3.77. The van der Waals surface area contributed by atoms with Gasteiger partial charge in [-0.1, -0.05) is 18.2 Å². The molecule has 2 aromatic carbocycles. The van der Waals surface area contributed by atoms with Crippen molar-refractivity contribution in [1.29, 1.82) is 0 Å². The maximum atomic E-state index is 10.1. The number of benzene rings is 2. The molecule has 2 aromatic rings. The van der Waals surface area contributed by atoms with E-state index in [0.717, 1.165) is 47.5 Å². The zero-order valence-corrected chi connectivity index (χ0v) is 13.1. The quantitative estimate of drug-likeness (QED) is 0.772. The van der Waals surface area contributed by atoms with Crippen molar-refractivity contribution in [1.82, 2.24) is 0 Å². The van der Waals surface area contributed by atoms with Crippen LogP contribution in [0, 0.1) is 0 Å². The van der Waals surface area contributed by atoms with Crippen LogP contribution in [0.1, 0.15) is 23.1 Å². The predicted molar refractivity (Wildman–Crippen MR) is 88.4 cm³/mol. The van der Waals surface area contributed by atoms with E-state index in [0.29, 0.717) is 25.4 Å². The number of fused-ring (bicyclic) bond motifs is 1. The Bertz CT molecular complexity index is 666. The number of aromatic hydroxyl groups is 1. The molecule has 0 aliphatic carbocycles. The van der Waals surface area contributed by atoms with Crippen molar-refractivity contribution in [2.45, 2.75) is 25.7 Å². The molecule has 0 spiro atoms. The van der Waals surface area contributed by atoms with Crippen molar-refractivity contribution < 1.29 is 19.7 Å². The average Bonchev–Trinajstić information content (AvgIpc) is 3.00. The van der Waals surface area contributed by atoms with Crippen LogP contribution in [0.5, 0.6) is 17.2 Å². The SMILES string of the molecule is OCCc1ccccc1OCCCc1cc2c(cc1O)CCO2. The van der Waals surface area contributed by atoms with Crippen molar-refractivity contribution in [3.63, 3.8) is 0 Å². The Morgan fingerprint density at radius 3 is 2.83 bits per heavy atom. The van der Waals surface area contributed by atoms with Gasteiger partial charge >= 0.3 is 0 Å². The molecule has 23 heavy (non-hydrogen) atoms. The fourth-order valence-corrected chi connectivity index (χ4v) is 2.87. The van der Waals surface area contributed by atoms with Crippen molar-refractivity contribution in [3.05, 3.63) is 53.1 Å². The van der Waals surface area contributed by atoms with E-state index in [-0.39, 0.29) is 6.61 Å². The molecule has 4 heteroatoms. The summed E-state index contributed by atoms with van der Waals surface area (Å²) in [5, 5.41) is 19.2. The molecule has 0 saturated carbocycles. The molecule has 3 rings (SSSR count). The summed E-state index contributed by atoms with van der Waals surface area (Å²) in [6.07, 6.45) is 3.01. The van der Waals surface area contributed by atoms with Crippen LogP contribution >= 0.6 is 0 Å². The summed E-state index contributed by atoms with van der Waals surface area (Å²) >= 11 is 0. The molecule has 1 heterocycles. The van der Waals surface area contributed by atoms with E-state index < -0.39 is 0 Å². The topological polar surface area (TPSA) is 58.9 Å². The van der Waals surface area contributed by atoms with Gasteiger partial charge in [0.1, 0.15) is 17.2 Å². The van der Waals surface area contributed by atoms with Crippen LogP contribution in [0.2, 0.25) is 0 Å². The first-order valence-corrected chi connectivity index (χ1v) is 8.07. The van der Waals surface area contributed by atoms with Crippen LogP contribution < -0.4 is 9.47 Å². The molecule has 0 fully saturated rings. The van der Waals surface area contributed by atoms with Gasteiger partial charge in [0, 0.05) is 18.6 Å². The van der Waals surface area contributed by atoms with E-state index in [1.54, 1.807) is 0 Å².